The summed E-state index contributed by atoms with van der Waals surface area (Å²) in [6.07, 6.45) is 0. The van der Waals surface area contributed by atoms with Gasteiger partial charge >= 0.3 is 0 Å². The lowest BCUT2D eigenvalue weighted by Gasteiger charge is -2.33. The molecule has 0 saturated carbocycles. The Morgan fingerprint density at radius 1 is 0.300 bits per heavy atom. The third-order valence-electron chi connectivity index (χ3n) is 9.50. The van der Waals surface area contributed by atoms with Crippen molar-refractivity contribution in [1.29, 1.82) is 0 Å². The number of fused-ring (bicyclic) bond motifs is 3. The molecule has 1 nitrogen and oxygen atoms in total. The van der Waals surface area contributed by atoms with Crippen molar-refractivity contribution in [3.8, 4) is 44.5 Å². The van der Waals surface area contributed by atoms with Crippen molar-refractivity contribution < 1.29 is 0 Å². The van der Waals surface area contributed by atoms with Crippen LogP contribution >= 0.6 is 11.3 Å². The number of nitrogens with zero attached hydrogens (tertiary/aromatic N) is 1. The Bertz CT molecular complexity index is 2500. The topological polar surface area (TPSA) is 3.24 Å². The molecule has 0 aliphatic carbocycles. The Balaban J connectivity index is 1.44. The molecule has 50 heavy (non-hydrogen) atoms. The summed E-state index contributed by atoms with van der Waals surface area (Å²) < 4.78 is 2.59. The molecule has 1 heterocycles. The Morgan fingerprint density at radius 3 is 1.34 bits per heavy atom. The largest absolute Gasteiger partial charge is 0.308 e. The normalized spacial score (nSPS) is 11.2. The standard InChI is InChI=1S/C48H33NS/c1-4-18-34(19-5-1)37-24-10-13-30-43(37)49(44-31-14-11-25-38(44)35-20-6-2-7-21-35)48-39(36-22-8-3-9-23-36)27-16-29-41(48)40-28-17-33-46-47(40)42-26-12-15-32-45(42)50-46/h1-33H. The highest BCUT2D eigenvalue weighted by Gasteiger charge is 2.27. The highest BCUT2D eigenvalue weighted by molar-refractivity contribution is 7.25. The molecule has 8 aromatic carbocycles. The maximum absolute atomic E-state index is 2.52. The van der Waals surface area contributed by atoms with Gasteiger partial charge in [-0.05, 0) is 46.5 Å². The molecule has 1 aromatic heterocycles. The van der Waals surface area contributed by atoms with Crippen molar-refractivity contribution in [2.75, 3.05) is 4.90 Å². The summed E-state index contributed by atoms with van der Waals surface area (Å²) >= 11 is 1.86. The molecule has 0 unspecified atom stereocenters. The zero-order valence-electron chi connectivity index (χ0n) is 27.4. The summed E-state index contributed by atoms with van der Waals surface area (Å²) in [5, 5.41) is 2.59. The second-order valence-electron chi connectivity index (χ2n) is 12.4. The van der Waals surface area contributed by atoms with Gasteiger partial charge in [0.25, 0.3) is 0 Å². The predicted octanol–water partition coefficient (Wildman–Crippen LogP) is 14.2. The maximum atomic E-state index is 2.52. The molecule has 0 aliphatic heterocycles. The molecule has 2 heteroatoms. The molecule has 0 fully saturated rings. The first-order valence-electron chi connectivity index (χ1n) is 17.0. The summed E-state index contributed by atoms with van der Waals surface area (Å²) in [5.41, 5.74) is 12.8. The van der Waals surface area contributed by atoms with Gasteiger partial charge in [0.15, 0.2) is 0 Å². The van der Waals surface area contributed by atoms with E-state index in [0.717, 1.165) is 17.1 Å². The molecule has 9 rings (SSSR count). The first-order chi connectivity index (χ1) is 24.8. The Hall–Kier alpha value is -6.22. The summed E-state index contributed by atoms with van der Waals surface area (Å²) in [6.45, 7) is 0. The van der Waals surface area contributed by atoms with Crippen LogP contribution in [0.2, 0.25) is 0 Å². The van der Waals surface area contributed by atoms with Gasteiger partial charge in [-0.25, -0.2) is 0 Å². The van der Waals surface area contributed by atoms with Gasteiger partial charge in [0.05, 0.1) is 17.1 Å². The smallest absolute Gasteiger partial charge is 0.0619 e. The molecule has 0 N–H and O–H groups in total. The molecule has 0 spiro atoms. The zero-order valence-corrected chi connectivity index (χ0v) is 28.2. The van der Waals surface area contributed by atoms with E-state index in [1.807, 2.05) is 11.3 Å². The van der Waals surface area contributed by atoms with Gasteiger partial charge in [-0.1, -0.05) is 176 Å². The summed E-state index contributed by atoms with van der Waals surface area (Å²) in [5.74, 6) is 0. The first-order valence-corrected chi connectivity index (χ1v) is 17.8. The maximum Gasteiger partial charge on any atom is 0.0619 e. The number of rotatable bonds is 7. The van der Waals surface area contributed by atoms with Crippen molar-refractivity contribution in [2.24, 2.45) is 0 Å². The van der Waals surface area contributed by atoms with Crippen LogP contribution in [-0.2, 0) is 0 Å². The van der Waals surface area contributed by atoms with Crippen molar-refractivity contribution in [2.45, 2.75) is 0 Å². The highest BCUT2D eigenvalue weighted by Crippen LogP contribution is 2.52. The van der Waals surface area contributed by atoms with Gasteiger partial charge in [0.1, 0.15) is 0 Å². The average molecular weight is 656 g/mol. The van der Waals surface area contributed by atoms with Crippen molar-refractivity contribution in [1.82, 2.24) is 0 Å². The van der Waals surface area contributed by atoms with Crippen LogP contribution in [0, 0.1) is 0 Å². The molecule has 0 atom stereocenters. The van der Waals surface area contributed by atoms with Gasteiger partial charge in [0, 0.05) is 42.4 Å². The van der Waals surface area contributed by atoms with Gasteiger partial charge in [-0.2, -0.15) is 0 Å². The molecular weight excluding hydrogens is 623 g/mol. The van der Waals surface area contributed by atoms with E-state index in [4.69, 9.17) is 0 Å². The lowest BCUT2D eigenvalue weighted by atomic mass is 9.90. The van der Waals surface area contributed by atoms with E-state index in [-0.39, 0.29) is 0 Å². The van der Waals surface area contributed by atoms with E-state index in [9.17, 15) is 0 Å². The highest BCUT2D eigenvalue weighted by atomic mass is 32.1. The van der Waals surface area contributed by atoms with E-state index in [1.165, 1.54) is 64.7 Å². The lowest BCUT2D eigenvalue weighted by molar-refractivity contribution is 1.28. The predicted molar refractivity (Wildman–Crippen MR) is 216 cm³/mol. The van der Waals surface area contributed by atoms with E-state index < -0.39 is 0 Å². The van der Waals surface area contributed by atoms with Crippen LogP contribution in [0.25, 0.3) is 64.7 Å². The minimum atomic E-state index is 1.12. The molecule has 0 amide bonds. The minimum Gasteiger partial charge on any atom is -0.308 e. The van der Waals surface area contributed by atoms with Crippen LogP contribution in [0.1, 0.15) is 0 Å². The van der Waals surface area contributed by atoms with Crippen LogP contribution in [0.5, 0.6) is 0 Å². The fourth-order valence-corrected chi connectivity index (χ4v) is 8.42. The zero-order chi connectivity index (χ0) is 33.3. The summed E-state index contributed by atoms with van der Waals surface area (Å²) in [4.78, 5) is 2.52. The molecule has 0 bridgehead atoms. The Labute approximate surface area is 297 Å². The van der Waals surface area contributed by atoms with E-state index in [2.05, 4.69) is 205 Å². The monoisotopic (exact) mass is 655 g/mol. The third kappa shape index (κ3) is 5.27. The van der Waals surface area contributed by atoms with Crippen molar-refractivity contribution >= 4 is 48.6 Å². The van der Waals surface area contributed by atoms with Crippen LogP contribution in [0.15, 0.2) is 200 Å². The minimum absolute atomic E-state index is 1.12. The number of benzene rings is 8. The fraction of sp³-hybridized carbons (Fsp3) is 0. The van der Waals surface area contributed by atoms with Crippen LogP contribution in [0.3, 0.4) is 0 Å². The second kappa shape index (κ2) is 13.0. The van der Waals surface area contributed by atoms with Crippen molar-refractivity contribution in [3.63, 3.8) is 0 Å². The average Bonchev–Trinajstić information content (AvgIpc) is 3.59. The number of thiophene rings is 1. The first kappa shape index (κ1) is 29.9. The fourth-order valence-electron chi connectivity index (χ4n) is 7.28. The number of para-hydroxylation sites is 3. The third-order valence-corrected chi connectivity index (χ3v) is 10.6. The van der Waals surface area contributed by atoms with Gasteiger partial charge in [0.2, 0.25) is 0 Å². The van der Waals surface area contributed by atoms with E-state index in [0.29, 0.717) is 0 Å². The van der Waals surface area contributed by atoms with Crippen LogP contribution in [0.4, 0.5) is 17.1 Å². The number of hydrogen-bond acceptors (Lipinski definition) is 2. The van der Waals surface area contributed by atoms with Gasteiger partial charge in [-0.3, -0.25) is 0 Å². The molecule has 236 valence electrons. The number of hydrogen-bond donors (Lipinski definition) is 0. The van der Waals surface area contributed by atoms with Crippen LogP contribution in [-0.4, -0.2) is 0 Å². The molecular formula is C48H33NS. The van der Waals surface area contributed by atoms with Gasteiger partial charge in [-0.15, -0.1) is 11.3 Å². The molecule has 0 radical (unpaired) electrons. The lowest BCUT2D eigenvalue weighted by Crippen LogP contribution is -2.15. The molecule has 0 aliphatic rings. The van der Waals surface area contributed by atoms with E-state index >= 15 is 0 Å². The quantitative estimate of drug-likeness (QED) is 0.165. The van der Waals surface area contributed by atoms with E-state index in [1.54, 1.807) is 0 Å². The van der Waals surface area contributed by atoms with Crippen molar-refractivity contribution in [3.05, 3.63) is 200 Å². The second-order valence-corrected chi connectivity index (χ2v) is 13.5. The molecule has 9 aromatic rings. The molecule has 0 saturated heterocycles. The SMILES string of the molecule is c1ccc(-c2ccccc2N(c2ccccc2-c2ccccc2)c2c(-c3ccccc3)cccc2-c2cccc3sc4ccccc4c23)cc1. The van der Waals surface area contributed by atoms with Crippen LogP contribution < -0.4 is 4.90 Å². The Morgan fingerprint density at radius 2 is 0.720 bits per heavy atom. The summed E-state index contributed by atoms with van der Waals surface area (Å²) in [7, 11) is 0. The summed E-state index contributed by atoms with van der Waals surface area (Å²) in [6, 6.07) is 72.4. The number of anilines is 3. The Kier molecular flexibility index (Phi) is 7.77. The van der Waals surface area contributed by atoms with Gasteiger partial charge < -0.3 is 4.90 Å².